The lowest BCUT2D eigenvalue weighted by molar-refractivity contribution is -0.121. The van der Waals surface area contributed by atoms with E-state index in [-0.39, 0.29) is 5.91 Å². The number of aliphatic hydroxyl groups is 1. The summed E-state index contributed by atoms with van der Waals surface area (Å²) in [5, 5.41) is 12.4. The second-order valence-corrected chi connectivity index (χ2v) is 5.33. The van der Waals surface area contributed by atoms with E-state index >= 15 is 0 Å². The first-order valence-corrected chi connectivity index (χ1v) is 6.76. The molecule has 0 saturated carbocycles. The number of hydrogen-bond acceptors (Lipinski definition) is 3. The number of hydrogen-bond donors (Lipinski definition) is 3. The van der Waals surface area contributed by atoms with E-state index in [1.165, 1.54) is 0 Å². The molecular weight excluding hydrogens is 240 g/mol. The van der Waals surface area contributed by atoms with E-state index in [9.17, 15) is 9.90 Å². The zero-order valence-corrected chi connectivity index (χ0v) is 11.7. The van der Waals surface area contributed by atoms with Crippen LogP contribution in [-0.4, -0.2) is 23.7 Å². The van der Waals surface area contributed by atoms with Crippen molar-refractivity contribution in [1.29, 1.82) is 0 Å². The second kappa shape index (κ2) is 7.79. The Morgan fingerprint density at radius 3 is 2.53 bits per heavy atom. The normalized spacial score (nSPS) is 12.4. The van der Waals surface area contributed by atoms with Crippen molar-refractivity contribution in [2.24, 2.45) is 5.92 Å². The van der Waals surface area contributed by atoms with E-state index < -0.39 is 6.10 Å². The van der Waals surface area contributed by atoms with Crippen molar-refractivity contribution in [2.45, 2.75) is 39.2 Å². The third-order valence-corrected chi connectivity index (χ3v) is 2.90. The van der Waals surface area contributed by atoms with Crippen LogP contribution in [0.5, 0.6) is 0 Å². The van der Waals surface area contributed by atoms with Gasteiger partial charge in [0.15, 0.2) is 0 Å². The topological polar surface area (TPSA) is 75.3 Å². The van der Waals surface area contributed by atoms with Gasteiger partial charge in [-0.2, -0.15) is 0 Å². The molecule has 1 rings (SSSR count). The molecule has 0 aliphatic carbocycles. The van der Waals surface area contributed by atoms with Crippen molar-refractivity contribution in [3.8, 4) is 0 Å². The van der Waals surface area contributed by atoms with Crippen molar-refractivity contribution in [3.63, 3.8) is 0 Å². The number of rotatable bonds is 7. The van der Waals surface area contributed by atoms with Gasteiger partial charge in [0.1, 0.15) is 0 Å². The van der Waals surface area contributed by atoms with E-state index in [0.717, 1.165) is 11.3 Å². The average Bonchev–Trinajstić information content (AvgIpc) is 2.35. The number of carbonyl (C=O) groups is 1. The van der Waals surface area contributed by atoms with Gasteiger partial charge in [-0.05, 0) is 36.5 Å². The van der Waals surface area contributed by atoms with Gasteiger partial charge in [0.05, 0.1) is 6.10 Å². The molecule has 1 aromatic rings. The number of aryl methyl sites for hydroxylation is 1. The van der Waals surface area contributed by atoms with Crippen molar-refractivity contribution >= 4 is 11.6 Å². The highest BCUT2D eigenvalue weighted by Gasteiger charge is 2.09. The van der Waals surface area contributed by atoms with Crippen molar-refractivity contribution < 1.29 is 9.90 Å². The minimum absolute atomic E-state index is 0.0281. The van der Waals surface area contributed by atoms with Crippen LogP contribution < -0.4 is 11.1 Å². The minimum Gasteiger partial charge on any atom is -0.399 e. The lowest BCUT2D eigenvalue weighted by atomic mass is 10.1. The maximum absolute atomic E-state index is 11.6. The number of anilines is 1. The molecule has 0 aromatic heterocycles. The molecule has 4 nitrogen and oxygen atoms in total. The third-order valence-electron chi connectivity index (χ3n) is 2.90. The molecule has 0 bridgehead atoms. The maximum Gasteiger partial charge on any atom is 0.220 e. The molecule has 4 N–H and O–H groups in total. The quantitative estimate of drug-likeness (QED) is 0.656. The first-order valence-electron chi connectivity index (χ1n) is 6.76. The molecule has 0 aliphatic rings. The molecule has 0 saturated heterocycles. The van der Waals surface area contributed by atoms with Gasteiger partial charge in [-0.3, -0.25) is 4.79 Å². The average molecular weight is 264 g/mol. The number of nitrogen functional groups attached to an aromatic ring is 1. The van der Waals surface area contributed by atoms with Crippen molar-refractivity contribution in [2.75, 3.05) is 12.3 Å². The molecule has 19 heavy (non-hydrogen) atoms. The van der Waals surface area contributed by atoms with Gasteiger partial charge in [-0.25, -0.2) is 0 Å². The van der Waals surface area contributed by atoms with Crippen LogP contribution >= 0.6 is 0 Å². The Labute approximate surface area is 115 Å². The fourth-order valence-electron chi connectivity index (χ4n) is 1.89. The summed E-state index contributed by atoms with van der Waals surface area (Å²) in [6.45, 7) is 4.43. The third kappa shape index (κ3) is 6.82. The van der Waals surface area contributed by atoms with Crippen molar-refractivity contribution in [1.82, 2.24) is 5.32 Å². The molecule has 106 valence electrons. The van der Waals surface area contributed by atoms with E-state index in [2.05, 4.69) is 5.32 Å². The Kier molecular flexibility index (Phi) is 6.36. The Morgan fingerprint density at radius 2 is 1.95 bits per heavy atom. The van der Waals surface area contributed by atoms with Crippen LogP contribution in [-0.2, 0) is 11.2 Å². The van der Waals surface area contributed by atoms with Gasteiger partial charge in [0.2, 0.25) is 5.91 Å². The number of benzene rings is 1. The molecular formula is C15H24N2O2. The molecule has 0 radical (unpaired) electrons. The van der Waals surface area contributed by atoms with Crippen LogP contribution in [0, 0.1) is 5.92 Å². The Hall–Kier alpha value is -1.55. The highest BCUT2D eigenvalue weighted by atomic mass is 16.3. The molecule has 4 heteroatoms. The summed E-state index contributed by atoms with van der Waals surface area (Å²) in [6, 6.07) is 7.52. The molecule has 1 aromatic carbocycles. The summed E-state index contributed by atoms with van der Waals surface area (Å²) < 4.78 is 0. The second-order valence-electron chi connectivity index (χ2n) is 5.33. The SMILES string of the molecule is CC(C)CC(O)CNC(=O)CCc1ccc(N)cc1. The first kappa shape index (κ1) is 15.5. The fourth-order valence-corrected chi connectivity index (χ4v) is 1.89. The van der Waals surface area contributed by atoms with Crippen LogP contribution in [0.4, 0.5) is 5.69 Å². The Balaban J connectivity index is 2.22. The molecule has 0 heterocycles. The lowest BCUT2D eigenvalue weighted by Gasteiger charge is -2.13. The standard InChI is InChI=1S/C15H24N2O2/c1-11(2)9-14(18)10-17-15(19)8-5-12-3-6-13(16)7-4-12/h3-4,6-7,11,14,18H,5,8-10,16H2,1-2H3,(H,17,19). The summed E-state index contributed by atoms with van der Waals surface area (Å²) in [6.07, 6.45) is 1.36. The zero-order chi connectivity index (χ0) is 14.3. The number of nitrogens with one attached hydrogen (secondary N) is 1. The van der Waals surface area contributed by atoms with Crippen LogP contribution in [0.1, 0.15) is 32.3 Å². The van der Waals surface area contributed by atoms with E-state index in [1.807, 2.05) is 38.1 Å². The van der Waals surface area contributed by atoms with E-state index in [0.29, 0.717) is 31.7 Å². The maximum atomic E-state index is 11.6. The number of amides is 1. The fraction of sp³-hybridized carbons (Fsp3) is 0.533. The number of nitrogens with two attached hydrogens (primary N) is 1. The highest BCUT2D eigenvalue weighted by molar-refractivity contribution is 5.76. The summed E-state index contributed by atoms with van der Waals surface area (Å²) in [5.41, 5.74) is 7.41. The first-order chi connectivity index (χ1) is 8.97. The van der Waals surface area contributed by atoms with Crippen molar-refractivity contribution in [3.05, 3.63) is 29.8 Å². The molecule has 0 spiro atoms. The molecule has 1 unspecified atom stereocenters. The Bertz CT molecular complexity index is 388. The number of carbonyl (C=O) groups excluding carboxylic acids is 1. The zero-order valence-electron chi connectivity index (χ0n) is 11.7. The number of aliphatic hydroxyl groups excluding tert-OH is 1. The molecule has 1 amide bonds. The highest BCUT2D eigenvalue weighted by Crippen LogP contribution is 2.08. The van der Waals surface area contributed by atoms with Crippen LogP contribution in [0.2, 0.25) is 0 Å². The monoisotopic (exact) mass is 264 g/mol. The van der Waals surface area contributed by atoms with E-state index in [4.69, 9.17) is 5.73 Å². The summed E-state index contributed by atoms with van der Waals surface area (Å²) in [5.74, 6) is 0.404. The van der Waals surface area contributed by atoms with Crippen LogP contribution in [0.15, 0.2) is 24.3 Å². The summed E-state index contributed by atoms with van der Waals surface area (Å²) in [4.78, 5) is 11.6. The summed E-state index contributed by atoms with van der Waals surface area (Å²) >= 11 is 0. The van der Waals surface area contributed by atoms with Crippen LogP contribution in [0.3, 0.4) is 0 Å². The predicted octanol–water partition coefficient (Wildman–Crippen LogP) is 1.72. The molecule has 1 atom stereocenters. The van der Waals surface area contributed by atoms with Crippen LogP contribution in [0.25, 0.3) is 0 Å². The smallest absolute Gasteiger partial charge is 0.220 e. The van der Waals surface area contributed by atoms with E-state index in [1.54, 1.807) is 0 Å². The molecule has 0 aliphatic heterocycles. The minimum atomic E-state index is -0.458. The van der Waals surface area contributed by atoms with Gasteiger partial charge in [-0.1, -0.05) is 26.0 Å². The largest absolute Gasteiger partial charge is 0.399 e. The van der Waals surface area contributed by atoms with Gasteiger partial charge in [0, 0.05) is 18.7 Å². The van der Waals surface area contributed by atoms with Gasteiger partial charge in [-0.15, -0.1) is 0 Å². The molecule has 0 fully saturated rings. The Morgan fingerprint density at radius 1 is 1.32 bits per heavy atom. The van der Waals surface area contributed by atoms with Gasteiger partial charge < -0.3 is 16.2 Å². The van der Waals surface area contributed by atoms with Gasteiger partial charge >= 0.3 is 0 Å². The predicted molar refractivity (Wildman–Crippen MR) is 77.6 cm³/mol. The summed E-state index contributed by atoms with van der Waals surface area (Å²) in [7, 11) is 0. The lowest BCUT2D eigenvalue weighted by Crippen LogP contribution is -2.32. The van der Waals surface area contributed by atoms with Gasteiger partial charge in [0.25, 0.3) is 0 Å².